The van der Waals surface area contributed by atoms with Crippen LogP contribution >= 0.6 is 0 Å². The van der Waals surface area contributed by atoms with E-state index in [0.29, 0.717) is 24.7 Å². The molecule has 3 rings (SSSR count). The second kappa shape index (κ2) is 8.30. The summed E-state index contributed by atoms with van der Waals surface area (Å²) in [5, 5.41) is 2.90. The van der Waals surface area contributed by atoms with E-state index in [2.05, 4.69) is 10.3 Å². The fourth-order valence-electron chi connectivity index (χ4n) is 3.09. The van der Waals surface area contributed by atoms with Crippen molar-refractivity contribution < 1.29 is 19.0 Å². The Morgan fingerprint density at radius 1 is 1.25 bits per heavy atom. The first-order valence-corrected chi connectivity index (χ1v) is 8.54. The van der Waals surface area contributed by atoms with Crippen molar-refractivity contribution in [2.75, 3.05) is 38.7 Å². The summed E-state index contributed by atoms with van der Waals surface area (Å²) < 4.78 is 16.4. The molecule has 132 valence electrons. The van der Waals surface area contributed by atoms with Crippen molar-refractivity contribution in [3.63, 3.8) is 0 Å². The van der Waals surface area contributed by atoms with Crippen LogP contribution in [0.3, 0.4) is 0 Å². The van der Waals surface area contributed by atoms with Gasteiger partial charge in [0.1, 0.15) is 0 Å². The molecule has 0 radical (unpaired) electrons. The Hall–Kier alpha value is -1.86. The highest BCUT2D eigenvalue weighted by Crippen LogP contribution is 2.18. The van der Waals surface area contributed by atoms with E-state index in [-0.39, 0.29) is 18.2 Å². The number of rotatable bonds is 6. The monoisotopic (exact) mass is 335 g/mol. The first kappa shape index (κ1) is 17.0. The molecule has 0 aliphatic carbocycles. The average molecular weight is 335 g/mol. The number of pyridine rings is 1. The van der Waals surface area contributed by atoms with E-state index in [1.54, 1.807) is 30.3 Å². The standard InChI is InChI=1S/C17H25N3O4/c1-22-16-7-6-13(10-18-16)19-17(21)20(11-14-4-2-8-23-14)12-15-5-3-9-24-15/h6-7,10,14-15H,2-5,8-9,11-12H2,1H3,(H,19,21)/t14-,15-/m0/s1. The van der Waals surface area contributed by atoms with Crippen LogP contribution in [0, 0.1) is 0 Å². The molecule has 0 bridgehead atoms. The molecule has 24 heavy (non-hydrogen) atoms. The number of urea groups is 1. The molecule has 2 fully saturated rings. The number of anilines is 1. The Morgan fingerprint density at radius 2 is 1.92 bits per heavy atom. The van der Waals surface area contributed by atoms with Crippen LogP contribution in [0.2, 0.25) is 0 Å². The highest BCUT2D eigenvalue weighted by Gasteiger charge is 2.27. The van der Waals surface area contributed by atoms with Crippen LogP contribution in [0.5, 0.6) is 5.88 Å². The summed E-state index contributed by atoms with van der Waals surface area (Å²) in [4.78, 5) is 18.6. The number of carbonyl (C=O) groups excluding carboxylic acids is 1. The topological polar surface area (TPSA) is 72.9 Å². The highest BCUT2D eigenvalue weighted by atomic mass is 16.5. The number of hydrogen-bond donors (Lipinski definition) is 1. The van der Waals surface area contributed by atoms with Crippen LogP contribution in [0.4, 0.5) is 10.5 Å². The molecule has 2 aliphatic heterocycles. The zero-order chi connectivity index (χ0) is 16.8. The van der Waals surface area contributed by atoms with Crippen molar-refractivity contribution in [2.24, 2.45) is 0 Å². The second-order valence-electron chi connectivity index (χ2n) is 6.19. The number of ether oxygens (including phenoxy) is 3. The fourth-order valence-corrected chi connectivity index (χ4v) is 3.09. The Kier molecular flexibility index (Phi) is 5.87. The molecule has 3 heterocycles. The lowest BCUT2D eigenvalue weighted by Crippen LogP contribution is -2.44. The number of amides is 2. The highest BCUT2D eigenvalue weighted by molar-refractivity contribution is 5.89. The van der Waals surface area contributed by atoms with E-state index in [0.717, 1.165) is 38.9 Å². The Morgan fingerprint density at radius 3 is 2.38 bits per heavy atom. The number of nitrogens with zero attached hydrogens (tertiary/aromatic N) is 2. The van der Waals surface area contributed by atoms with Gasteiger partial charge < -0.3 is 24.4 Å². The predicted octanol–water partition coefficient (Wildman–Crippen LogP) is 2.28. The first-order valence-electron chi connectivity index (χ1n) is 8.54. The molecule has 7 heteroatoms. The average Bonchev–Trinajstić information content (AvgIpc) is 3.29. The van der Waals surface area contributed by atoms with E-state index >= 15 is 0 Å². The largest absolute Gasteiger partial charge is 0.481 e. The van der Waals surface area contributed by atoms with Crippen molar-refractivity contribution in [1.29, 1.82) is 0 Å². The lowest BCUT2D eigenvalue weighted by molar-refractivity contribution is 0.0524. The normalized spacial score (nSPS) is 23.2. The van der Waals surface area contributed by atoms with Gasteiger partial charge in [-0.3, -0.25) is 0 Å². The predicted molar refractivity (Wildman–Crippen MR) is 89.3 cm³/mol. The minimum absolute atomic E-state index is 0.117. The van der Waals surface area contributed by atoms with Crippen molar-refractivity contribution in [2.45, 2.75) is 37.9 Å². The molecule has 2 atom stereocenters. The molecule has 1 aromatic heterocycles. The Bertz CT molecular complexity index is 507. The van der Waals surface area contributed by atoms with Crippen LogP contribution in [-0.4, -0.2) is 61.5 Å². The molecular weight excluding hydrogens is 310 g/mol. The van der Waals surface area contributed by atoms with Crippen LogP contribution in [-0.2, 0) is 9.47 Å². The zero-order valence-electron chi connectivity index (χ0n) is 14.1. The summed E-state index contributed by atoms with van der Waals surface area (Å²) in [5.41, 5.74) is 0.644. The van der Waals surface area contributed by atoms with Gasteiger partial charge >= 0.3 is 6.03 Å². The van der Waals surface area contributed by atoms with Crippen molar-refractivity contribution >= 4 is 11.7 Å². The van der Waals surface area contributed by atoms with Crippen molar-refractivity contribution in [3.05, 3.63) is 18.3 Å². The summed E-state index contributed by atoms with van der Waals surface area (Å²) in [6, 6.07) is 3.35. The van der Waals surface area contributed by atoms with Crippen molar-refractivity contribution in [1.82, 2.24) is 9.88 Å². The van der Waals surface area contributed by atoms with Crippen molar-refractivity contribution in [3.8, 4) is 5.88 Å². The summed E-state index contributed by atoms with van der Waals surface area (Å²) >= 11 is 0. The van der Waals surface area contributed by atoms with Crippen LogP contribution < -0.4 is 10.1 Å². The molecule has 7 nitrogen and oxygen atoms in total. The number of methoxy groups -OCH3 is 1. The van der Waals surface area contributed by atoms with Gasteiger partial charge in [0.2, 0.25) is 5.88 Å². The lowest BCUT2D eigenvalue weighted by atomic mass is 10.2. The Labute approximate surface area is 142 Å². The molecular formula is C17H25N3O4. The van der Waals surface area contributed by atoms with E-state index in [4.69, 9.17) is 14.2 Å². The third-order valence-corrected chi connectivity index (χ3v) is 4.38. The lowest BCUT2D eigenvalue weighted by Gasteiger charge is -2.28. The first-order chi connectivity index (χ1) is 11.7. The zero-order valence-corrected chi connectivity index (χ0v) is 14.1. The third-order valence-electron chi connectivity index (χ3n) is 4.38. The van der Waals surface area contributed by atoms with E-state index in [1.165, 1.54) is 0 Å². The van der Waals surface area contributed by atoms with E-state index < -0.39 is 0 Å². The van der Waals surface area contributed by atoms with Gasteiger partial charge in [0.05, 0.1) is 31.2 Å². The van der Waals surface area contributed by atoms with Crippen LogP contribution in [0.25, 0.3) is 0 Å². The van der Waals surface area contributed by atoms with Gasteiger partial charge in [0.25, 0.3) is 0 Å². The smallest absolute Gasteiger partial charge is 0.322 e. The molecule has 0 spiro atoms. The molecule has 2 aliphatic rings. The number of hydrogen-bond acceptors (Lipinski definition) is 5. The van der Waals surface area contributed by atoms with Gasteiger partial charge in [0.15, 0.2) is 0 Å². The Balaban J connectivity index is 1.61. The van der Waals surface area contributed by atoms with Gasteiger partial charge in [-0.2, -0.15) is 0 Å². The molecule has 0 aromatic carbocycles. The van der Waals surface area contributed by atoms with E-state index in [9.17, 15) is 4.79 Å². The number of nitrogens with one attached hydrogen (secondary N) is 1. The SMILES string of the molecule is COc1ccc(NC(=O)N(C[C@@H]2CCCO2)C[C@@H]2CCCO2)cn1. The minimum Gasteiger partial charge on any atom is -0.481 e. The summed E-state index contributed by atoms with van der Waals surface area (Å²) in [6.07, 6.45) is 5.94. The molecule has 1 aromatic rings. The molecule has 0 saturated carbocycles. The van der Waals surface area contributed by atoms with Gasteiger partial charge in [-0.25, -0.2) is 9.78 Å². The second-order valence-corrected chi connectivity index (χ2v) is 6.19. The quantitative estimate of drug-likeness (QED) is 0.863. The maximum Gasteiger partial charge on any atom is 0.322 e. The molecule has 1 N–H and O–H groups in total. The van der Waals surface area contributed by atoms with Gasteiger partial charge in [-0.05, 0) is 31.7 Å². The maximum atomic E-state index is 12.7. The fraction of sp³-hybridized carbons (Fsp3) is 0.647. The molecule has 2 amide bonds. The van der Waals surface area contributed by atoms with Gasteiger partial charge in [-0.1, -0.05) is 0 Å². The number of carbonyl (C=O) groups is 1. The summed E-state index contributed by atoms with van der Waals surface area (Å²) in [5.74, 6) is 0.517. The molecule has 2 saturated heterocycles. The maximum absolute atomic E-state index is 12.7. The molecule has 0 unspecified atom stereocenters. The summed E-state index contributed by atoms with van der Waals surface area (Å²) in [6.45, 7) is 2.75. The van der Waals surface area contributed by atoms with Gasteiger partial charge in [0, 0.05) is 32.4 Å². The van der Waals surface area contributed by atoms with Crippen LogP contribution in [0.15, 0.2) is 18.3 Å². The van der Waals surface area contributed by atoms with Crippen LogP contribution in [0.1, 0.15) is 25.7 Å². The van der Waals surface area contributed by atoms with Gasteiger partial charge in [-0.15, -0.1) is 0 Å². The summed E-state index contributed by atoms with van der Waals surface area (Å²) in [7, 11) is 1.56. The number of aromatic nitrogens is 1. The third kappa shape index (κ3) is 4.58. The minimum atomic E-state index is -0.145. The van der Waals surface area contributed by atoms with E-state index in [1.807, 2.05) is 0 Å².